The van der Waals surface area contributed by atoms with Crippen LogP contribution in [0.15, 0.2) is 36.4 Å². The molecule has 2 aromatic rings. The molecule has 0 heterocycles. The highest BCUT2D eigenvalue weighted by Crippen LogP contribution is 2.32. The number of hydrogen-bond donors (Lipinski definition) is 1. The molecular weight excluding hydrogens is 272 g/mol. The van der Waals surface area contributed by atoms with E-state index in [9.17, 15) is 8.78 Å². The van der Waals surface area contributed by atoms with Crippen LogP contribution in [0.3, 0.4) is 0 Å². The van der Waals surface area contributed by atoms with E-state index in [1.165, 1.54) is 0 Å². The molecule has 0 bridgehead atoms. The number of nitrogens with two attached hydrogens (primary N) is 1. The molecular formula is C14H12ClF2NO. The molecule has 0 aliphatic rings. The van der Waals surface area contributed by atoms with E-state index in [2.05, 4.69) is 0 Å². The molecule has 0 fully saturated rings. The van der Waals surface area contributed by atoms with Crippen molar-refractivity contribution in [2.45, 2.75) is 13.0 Å². The summed E-state index contributed by atoms with van der Waals surface area (Å²) < 4.78 is 31.7. The molecule has 0 spiro atoms. The molecule has 100 valence electrons. The number of ether oxygens (including phenoxy) is 1. The van der Waals surface area contributed by atoms with Gasteiger partial charge in [0, 0.05) is 12.1 Å². The second kappa shape index (κ2) is 5.55. The Bertz CT molecular complexity index is 602. The molecule has 0 aliphatic heterocycles. The highest BCUT2D eigenvalue weighted by molar-refractivity contribution is 6.32. The van der Waals surface area contributed by atoms with Crippen molar-refractivity contribution in [1.29, 1.82) is 0 Å². The van der Waals surface area contributed by atoms with Gasteiger partial charge in [0.05, 0.1) is 5.02 Å². The Kier molecular flexibility index (Phi) is 4.02. The van der Waals surface area contributed by atoms with Crippen molar-refractivity contribution >= 4 is 11.6 Å². The lowest BCUT2D eigenvalue weighted by atomic mass is 10.1. The summed E-state index contributed by atoms with van der Waals surface area (Å²) in [7, 11) is 0. The van der Waals surface area contributed by atoms with Crippen LogP contribution in [0, 0.1) is 11.6 Å². The van der Waals surface area contributed by atoms with Crippen molar-refractivity contribution < 1.29 is 13.5 Å². The van der Waals surface area contributed by atoms with E-state index in [4.69, 9.17) is 22.1 Å². The van der Waals surface area contributed by atoms with Crippen molar-refractivity contribution in [1.82, 2.24) is 0 Å². The van der Waals surface area contributed by atoms with Gasteiger partial charge >= 0.3 is 0 Å². The Labute approximate surface area is 114 Å². The topological polar surface area (TPSA) is 35.2 Å². The van der Waals surface area contributed by atoms with E-state index >= 15 is 0 Å². The largest absolute Gasteiger partial charge is 0.453 e. The summed E-state index contributed by atoms with van der Waals surface area (Å²) in [6, 6.07) is 7.74. The number of benzene rings is 2. The van der Waals surface area contributed by atoms with E-state index in [0.29, 0.717) is 5.02 Å². The highest BCUT2D eigenvalue weighted by atomic mass is 35.5. The first-order chi connectivity index (χ1) is 8.97. The van der Waals surface area contributed by atoms with Crippen LogP contribution in [0.1, 0.15) is 18.5 Å². The highest BCUT2D eigenvalue weighted by Gasteiger charge is 2.10. The molecule has 5 heteroatoms. The van der Waals surface area contributed by atoms with Crippen LogP contribution in [0.5, 0.6) is 11.5 Å². The van der Waals surface area contributed by atoms with Gasteiger partial charge < -0.3 is 10.5 Å². The summed E-state index contributed by atoms with van der Waals surface area (Å²) in [5.41, 5.74) is 6.55. The lowest BCUT2D eigenvalue weighted by Gasteiger charge is -2.11. The van der Waals surface area contributed by atoms with Crippen molar-refractivity contribution in [3.05, 3.63) is 58.6 Å². The van der Waals surface area contributed by atoms with Gasteiger partial charge in [0.25, 0.3) is 0 Å². The fourth-order valence-electron chi connectivity index (χ4n) is 1.56. The first-order valence-electron chi connectivity index (χ1n) is 5.65. The first-order valence-corrected chi connectivity index (χ1v) is 6.03. The molecule has 2 N–H and O–H groups in total. The van der Waals surface area contributed by atoms with Crippen LogP contribution in [-0.4, -0.2) is 0 Å². The van der Waals surface area contributed by atoms with Gasteiger partial charge in [0.1, 0.15) is 11.6 Å². The Balaban J connectivity index is 2.31. The van der Waals surface area contributed by atoms with Crippen molar-refractivity contribution in [3.8, 4) is 11.5 Å². The van der Waals surface area contributed by atoms with E-state index in [1.54, 1.807) is 18.2 Å². The zero-order valence-corrected chi connectivity index (χ0v) is 10.9. The third-order valence-electron chi connectivity index (χ3n) is 2.59. The third-order valence-corrected chi connectivity index (χ3v) is 2.89. The summed E-state index contributed by atoms with van der Waals surface area (Å²) in [6.07, 6.45) is 0. The molecule has 1 atom stereocenters. The average Bonchev–Trinajstić information content (AvgIpc) is 2.36. The monoisotopic (exact) mass is 283 g/mol. The second-order valence-electron chi connectivity index (χ2n) is 4.16. The van der Waals surface area contributed by atoms with Gasteiger partial charge in [-0.25, -0.2) is 8.78 Å². The first kappa shape index (κ1) is 13.8. The predicted octanol–water partition coefficient (Wildman–Crippen LogP) is 4.43. The molecule has 1 unspecified atom stereocenters. The van der Waals surface area contributed by atoms with Crippen LogP contribution < -0.4 is 10.5 Å². The minimum Gasteiger partial charge on any atom is -0.453 e. The van der Waals surface area contributed by atoms with E-state index < -0.39 is 11.6 Å². The fraction of sp³-hybridized carbons (Fsp3) is 0.143. The van der Waals surface area contributed by atoms with Crippen LogP contribution in [0.25, 0.3) is 0 Å². The summed E-state index contributed by atoms with van der Waals surface area (Å²) in [4.78, 5) is 0. The fourth-order valence-corrected chi connectivity index (χ4v) is 1.78. The summed E-state index contributed by atoms with van der Waals surface area (Å²) in [6.45, 7) is 1.82. The molecule has 2 rings (SSSR count). The summed E-state index contributed by atoms with van der Waals surface area (Å²) in [5.74, 6) is -1.21. The SMILES string of the molecule is CC(N)c1ccc(Oc2cc(F)ccc2F)c(Cl)c1. The molecule has 0 radical (unpaired) electrons. The zero-order chi connectivity index (χ0) is 14.0. The van der Waals surface area contributed by atoms with Crippen molar-refractivity contribution in [2.24, 2.45) is 5.73 Å². The second-order valence-corrected chi connectivity index (χ2v) is 4.56. The molecule has 2 nitrogen and oxygen atoms in total. The molecule has 0 saturated heterocycles. The Hall–Kier alpha value is -1.65. The number of rotatable bonds is 3. The van der Waals surface area contributed by atoms with Crippen LogP contribution >= 0.6 is 11.6 Å². The van der Waals surface area contributed by atoms with Crippen molar-refractivity contribution in [2.75, 3.05) is 0 Å². The van der Waals surface area contributed by atoms with E-state index in [0.717, 1.165) is 23.8 Å². The standard InChI is InChI=1S/C14H12ClF2NO/c1-8(18)9-2-5-13(11(15)6-9)19-14-7-10(16)3-4-12(14)17/h2-8H,18H2,1H3. The van der Waals surface area contributed by atoms with Gasteiger partial charge in [-0.05, 0) is 36.8 Å². The summed E-state index contributed by atoms with van der Waals surface area (Å²) >= 11 is 6.02. The number of halogens is 3. The molecule has 0 saturated carbocycles. The van der Waals surface area contributed by atoms with Gasteiger partial charge in [-0.2, -0.15) is 0 Å². The molecule has 0 aromatic heterocycles. The molecule has 0 aliphatic carbocycles. The molecule has 2 aromatic carbocycles. The summed E-state index contributed by atoms with van der Waals surface area (Å²) in [5, 5.41) is 0.290. The van der Waals surface area contributed by atoms with Crippen molar-refractivity contribution in [3.63, 3.8) is 0 Å². The normalized spacial score (nSPS) is 12.3. The molecule has 0 amide bonds. The Morgan fingerprint density at radius 3 is 2.47 bits per heavy atom. The maximum atomic E-state index is 13.4. The lowest BCUT2D eigenvalue weighted by molar-refractivity contribution is 0.436. The van der Waals surface area contributed by atoms with Gasteiger partial charge in [0.15, 0.2) is 11.6 Å². The Morgan fingerprint density at radius 1 is 1.11 bits per heavy atom. The minimum atomic E-state index is -0.659. The minimum absolute atomic E-state index is 0.169. The zero-order valence-electron chi connectivity index (χ0n) is 10.2. The van der Waals surface area contributed by atoms with Gasteiger partial charge in [0.2, 0.25) is 0 Å². The van der Waals surface area contributed by atoms with Crippen LogP contribution in [0.2, 0.25) is 5.02 Å². The van der Waals surface area contributed by atoms with E-state index in [-0.39, 0.29) is 17.5 Å². The smallest absolute Gasteiger partial charge is 0.166 e. The van der Waals surface area contributed by atoms with E-state index in [1.807, 2.05) is 6.92 Å². The van der Waals surface area contributed by atoms with Gasteiger partial charge in [-0.3, -0.25) is 0 Å². The lowest BCUT2D eigenvalue weighted by Crippen LogP contribution is -2.04. The van der Waals surface area contributed by atoms with Gasteiger partial charge in [-0.15, -0.1) is 0 Å². The quantitative estimate of drug-likeness (QED) is 0.904. The Morgan fingerprint density at radius 2 is 1.84 bits per heavy atom. The van der Waals surface area contributed by atoms with Gasteiger partial charge in [-0.1, -0.05) is 17.7 Å². The maximum absolute atomic E-state index is 13.4. The van der Waals surface area contributed by atoms with Crippen LogP contribution in [0.4, 0.5) is 8.78 Å². The molecule has 19 heavy (non-hydrogen) atoms. The number of hydrogen-bond acceptors (Lipinski definition) is 2. The van der Waals surface area contributed by atoms with Crippen LogP contribution in [-0.2, 0) is 0 Å². The third kappa shape index (κ3) is 3.22. The average molecular weight is 284 g/mol. The maximum Gasteiger partial charge on any atom is 0.166 e. The predicted molar refractivity (Wildman–Crippen MR) is 70.5 cm³/mol.